The molecule has 1 heterocycles. The molecule has 0 atom stereocenters. The minimum atomic E-state index is -1.38. The monoisotopic (exact) mass is 1400 g/mol. The fourth-order valence-corrected chi connectivity index (χ4v) is 13.9. The number of hydrogen-bond acceptors (Lipinski definition) is 20. The van der Waals surface area contributed by atoms with Crippen LogP contribution in [0.4, 0.5) is 0 Å². The zero-order valence-electron chi connectivity index (χ0n) is 59.7. The summed E-state index contributed by atoms with van der Waals surface area (Å²) in [5.41, 5.74) is 1.65. The molecule has 100 heavy (non-hydrogen) atoms. The normalized spacial score (nSPS) is 17.6. The van der Waals surface area contributed by atoms with Crippen LogP contribution in [0.15, 0.2) is 54.8 Å². The van der Waals surface area contributed by atoms with Gasteiger partial charge >= 0.3 is 17.9 Å². The van der Waals surface area contributed by atoms with Crippen molar-refractivity contribution in [2.45, 2.75) is 95.9 Å². The van der Waals surface area contributed by atoms with Crippen LogP contribution in [0, 0.1) is 23.7 Å². The molecule has 4 aliphatic rings. The third-order valence-electron chi connectivity index (χ3n) is 18.8. The van der Waals surface area contributed by atoms with E-state index in [-0.39, 0.29) is 91.9 Å². The van der Waals surface area contributed by atoms with Crippen LogP contribution in [0.1, 0.15) is 117 Å². The van der Waals surface area contributed by atoms with Gasteiger partial charge in [-0.25, -0.2) is 9.48 Å². The van der Waals surface area contributed by atoms with Crippen molar-refractivity contribution in [1.29, 1.82) is 0 Å². The van der Waals surface area contributed by atoms with Crippen LogP contribution < -0.4 is 36.1 Å². The molecule has 7 rings (SSSR count). The number of methoxy groups -OCH3 is 2. The smallest absolute Gasteiger partial charge is 0.330 e. The van der Waals surface area contributed by atoms with Crippen molar-refractivity contribution >= 4 is 47.4 Å². The Bertz CT molecular complexity index is 3110. The number of aliphatic hydroxyl groups is 1. The Labute approximate surface area is 587 Å². The molecule has 4 fully saturated rings. The van der Waals surface area contributed by atoms with Crippen LogP contribution in [-0.4, -0.2) is 287 Å². The van der Waals surface area contributed by atoms with E-state index in [9.17, 15) is 53.7 Å². The van der Waals surface area contributed by atoms with Gasteiger partial charge in [-0.15, -0.1) is 0 Å². The van der Waals surface area contributed by atoms with Crippen LogP contribution in [0.5, 0.6) is 11.5 Å². The average molecular weight is 1400 g/mol. The standard InChI is InChI=1S/C71H110N12O17/c1-49(2)56-43-53(16-17-58(56)83-59(67-60(96-7)14-9-15-61(67)97-8)44-57(77-83)68(92)76-71(70(94)95)54-39-51-38-52(41-54)42-55(71)40-51)69(93)80(6)27-13-25-78(4)24-12-26-79(5)64(87)19-18-62(85)74-20-10-32-98-34-36-100-37-35-99-33-11-21-75-63(86)45-72-22-29-82(48-66(90)91)31-30-81(47-50(3)84)28-23-73-46-65(88)89/h9,14-17,43-44,49,51-52,54-55,72-73,84H,3,10-13,18-42,45-48H2,1-2,4-8H3,(H,74,85)(H,75,86)(H,76,92)(H,88,89)(H,90,91)(H,94,95). The SMILES string of the molecule is C=C(O)CN(CCNCC(=O)O)CCN(CCNCC(=O)NCCCOCCOCCOCCCNC(=O)CCC(=O)N(C)CCCN(C)CCCN(C)C(=O)c1ccc(-n2nc(C(=O)NC3(C(=O)O)C4CC5CC(C4)CC3C5)cc2-c2c(OC)cccc2OC)c(C(C)C)c1)CC(=O)O. The van der Waals surface area contributed by atoms with Gasteiger partial charge < -0.3 is 85.4 Å². The molecule has 0 radical (unpaired) electrons. The van der Waals surface area contributed by atoms with Crippen molar-refractivity contribution in [3.8, 4) is 28.4 Å². The predicted octanol–water partition coefficient (Wildman–Crippen LogP) is 3.80. The van der Waals surface area contributed by atoms with Crippen LogP contribution in [0.2, 0.25) is 0 Å². The number of rotatable bonds is 51. The molecule has 2 aromatic carbocycles. The lowest BCUT2D eigenvalue weighted by Crippen LogP contribution is -2.70. The summed E-state index contributed by atoms with van der Waals surface area (Å²) in [6.07, 6.45) is 7.09. The Balaban J connectivity index is 0.796. The van der Waals surface area contributed by atoms with Gasteiger partial charge in [0.05, 0.1) is 89.5 Å². The molecule has 5 amide bonds. The first-order valence-corrected chi connectivity index (χ1v) is 35.1. The van der Waals surface area contributed by atoms with Gasteiger partial charge in [0.15, 0.2) is 5.69 Å². The van der Waals surface area contributed by atoms with Crippen molar-refractivity contribution in [2.24, 2.45) is 23.7 Å². The largest absolute Gasteiger partial charge is 0.512 e. The number of aliphatic hydroxyl groups excluding tert-OH is 1. The van der Waals surface area contributed by atoms with E-state index in [0.717, 1.165) is 57.2 Å². The Kier molecular flexibility index (Phi) is 34.0. The number of nitrogens with zero attached hydrogens (tertiary/aromatic N) is 7. The number of ether oxygens (including phenoxy) is 5. The van der Waals surface area contributed by atoms with Crippen LogP contribution in [-0.2, 0) is 43.0 Å². The quantitative estimate of drug-likeness (QED) is 0.0287. The van der Waals surface area contributed by atoms with Crippen molar-refractivity contribution in [3.05, 3.63) is 71.6 Å². The molecule has 1 aromatic heterocycles. The highest BCUT2D eigenvalue weighted by atomic mass is 16.5. The van der Waals surface area contributed by atoms with Gasteiger partial charge in [-0.1, -0.05) is 26.5 Å². The lowest BCUT2D eigenvalue weighted by atomic mass is 9.48. The molecule has 9 N–H and O–H groups in total. The van der Waals surface area contributed by atoms with Gasteiger partial charge in [0.2, 0.25) is 17.7 Å². The van der Waals surface area contributed by atoms with E-state index in [1.807, 2.05) is 37.9 Å². The van der Waals surface area contributed by atoms with Crippen molar-refractivity contribution in [1.82, 2.24) is 60.9 Å². The number of aliphatic carboxylic acids is 3. The molecule has 4 aliphatic carbocycles. The minimum Gasteiger partial charge on any atom is -0.512 e. The number of carboxylic acid groups (broad SMARTS) is 3. The fraction of sp³-hybridized carbons (Fsp3) is 0.648. The van der Waals surface area contributed by atoms with Gasteiger partial charge in [0.25, 0.3) is 11.8 Å². The zero-order chi connectivity index (χ0) is 72.7. The number of aromatic nitrogens is 2. The number of carbonyl (C=O) groups excluding carboxylic acids is 5. The summed E-state index contributed by atoms with van der Waals surface area (Å²) in [5, 5.41) is 58.2. The maximum Gasteiger partial charge on any atom is 0.330 e. The Morgan fingerprint density at radius 1 is 0.620 bits per heavy atom. The molecule has 4 saturated carbocycles. The third-order valence-corrected chi connectivity index (χ3v) is 18.8. The molecule has 0 aliphatic heterocycles. The molecule has 556 valence electrons. The Morgan fingerprint density at radius 3 is 1.71 bits per heavy atom. The van der Waals surface area contributed by atoms with E-state index in [4.69, 9.17) is 33.9 Å². The molecule has 4 bridgehead atoms. The molecular weight excluding hydrogens is 1290 g/mol. The van der Waals surface area contributed by atoms with E-state index >= 15 is 0 Å². The lowest BCUT2D eigenvalue weighted by molar-refractivity contribution is -0.163. The van der Waals surface area contributed by atoms with Gasteiger partial charge in [-0.2, -0.15) is 5.10 Å². The first kappa shape index (κ1) is 81.2. The number of carbonyl (C=O) groups is 8. The molecule has 0 saturated heterocycles. The van der Waals surface area contributed by atoms with Crippen LogP contribution in [0.3, 0.4) is 0 Å². The first-order chi connectivity index (χ1) is 47.9. The van der Waals surface area contributed by atoms with E-state index < -0.39 is 29.4 Å². The molecule has 29 heteroatoms. The van der Waals surface area contributed by atoms with Gasteiger partial charge in [0.1, 0.15) is 17.0 Å². The summed E-state index contributed by atoms with van der Waals surface area (Å²) in [4.78, 5) is 111. The zero-order valence-corrected chi connectivity index (χ0v) is 59.7. The van der Waals surface area contributed by atoms with Crippen LogP contribution >= 0.6 is 0 Å². The van der Waals surface area contributed by atoms with Crippen LogP contribution in [0.25, 0.3) is 16.9 Å². The number of nitrogens with one attached hydrogen (secondary N) is 5. The van der Waals surface area contributed by atoms with Gasteiger partial charge in [-0.05, 0) is 149 Å². The molecule has 0 unspecified atom stereocenters. The van der Waals surface area contributed by atoms with Gasteiger partial charge in [-0.3, -0.25) is 43.4 Å². The molecule has 29 nitrogen and oxygen atoms in total. The van der Waals surface area contributed by atoms with E-state index in [1.165, 1.54) is 0 Å². The highest BCUT2D eigenvalue weighted by molar-refractivity contribution is 5.98. The fourth-order valence-electron chi connectivity index (χ4n) is 13.9. The third kappa shape index (κ3) is 25.4. The summed E-state index contributed by atoms with van der Waals surface area (Å²) < 4.78 is 30.1. The maximum atomic E-state index is 14.5. The summed E-state index contributed by atoms with van der Waals surface area (Å²) in [6, 6.07) is 12.5. The Hall–Kier alpha value is -7.77. The second-order valence-electron chi connectivity index (χ2n) is 26.8. The minimum absolute atomic E-state index is 0.0501. The summed E-state index contributed by atoms with van der Waals surface area (Å²) in [6.45, 7) is 15.3. The van der Waals surface area contributed by atoms with E-state index in [1.54, 1.807) is 78.0 Å². The molecule has 3 aromatic rings. The van der Waals surface area contributed by atoms with E-state index in [2.05, 4.69) is 38.1 Å². The highest BCUT2D eigenvalue weighted by Gasteiger charge is 2.62. The van der Waals surface area contributed by atoms with Crippen molar-refractivity contribution in [3.63, 3.8) is 0 Å². The second-order valence-corrected chi connectivity index (χ2v) is 26.8. The maximum absolute atomic E-state index is 14.5. The van der Waals surface area contributed by atoms with Crippen molar-refractivity contribution < 1.29 is 82.5 Å². The molecular formula is C71H110N12O17. The summed E-state index contributed by atoms with van der Waals surface area (Å²) in [5.74, 6) is -2.72. The van der Waals surface area contributed by atoms with Crippen molar-refractivity contribution in [2.75, 3.05) is 180 Å². The highest BCUT2D eigenvalue weighted by Crippen LogP contribution is 2.58. The summed E-state index contributed by atoms with van der Waals surface area (Å²) in [7, 11) is 8.63. The number of carboxylic acids is 3. The topological polar surface area (TPSA) is 358 Å². The second kappa shape index (κ2) is 41.8. The summed E-state index contributed by atoms with van der Waals surface area (Å²) >= 11 is 0. The average Bonchev–Trinajstić information content (AvgIpc) is 0.848. The molecule has 0 spiro atoms. The number of hydrogen-bond donors (Lipinski definition) is 9. The number of amides is 5. The predicted molar refractivity (Wildman–Crippen MR) is 375 cm³/mol. The van der Waals surface area contributed by atoms with Gasteiger partial charge in [0, 0.05) is 111 Å². The Morgan fingerprint density at radius 2 is 1.17 bits per heavy atom. The van der Waals surface area contributed by atoms with E-state index in [0.29, 0.717) is 170 Å². The lowest BCUT2D eigenvalue weighted by Gasteiger charge is -2.59. The number of benzene rings is 2. The first-order valence-electron chi connectivity index (χ1n) is 35.1.